The summed E-state index contributed by atoms with van der Waals surface area (Å²) >= 11 is 1.87. The standard InChI is InChI=1S/C13H14S/c1-8-5-9(2)13-11(4)10(3)7-14-12(13)6-8/h5-6H,3-4,7H2,1-2H3. The molecule has 0 N–H and O–H groups in total. The number of allylic oxidation sites excluding steroid dienone is 1. The van der Waals surface area contributed by atoms with Gasteiger partial charge >= 0.3 is 0 Å². The Kier molecular flexibility index (Phi) is 2.28. The molecule has 0 aliphatic carbocycles. The van der Waals surface area contributed by atoms with Gasteiger partial charge in [0.25, 0.3) is 0 Å². The van der Waals surface area contributed by atoms with E-state index in [1.54, 1.807) is 0 Å². The summed E-state index contributed by atoms with van der Waals surface area (Å²) in [7, 11) is 0. The van der Waals surface area contributed by atoms with E-state index in [0.717, 1.165) is 16.9 Å². The second kappa shape index (κ2) is 3.32. The van der Waals surface area contributed by atoms with Crippen molar-refractivity contribution in [3.63, 3.8) is 0 Å². The molecule has 0 aromatic heterocycles. The van der Waals surface area contributed by atoms with Crippen LogP contribution in [0.1, 0.15) is 16.7 Å². The van der Waals surface area contributed by atoms with Crippen molar-refractivity contribution in [1.82, 2.24) is 0 Å². The molecule has 0 unspecified atom stereocenters. The SMILES string of the molecule is C=C1CSc2cc(C)cc(C)c2C1=C. The molecule has 0 spiro atoms. The summed E-state index contributed by atoms with van der Waals surface area (Å²) in [5.41, 5.74) is 6.23. The fourth-order valence-electron chi connectivity index (χ4n) is 1.86. The molecule has 0 fully saturated rings. The van der Waals surface area contributed by atoms with Gasteiger partial charge in [0.1, 0.15) is 0 Å². The number of aryl methyl sites for hydroxylation is 2. The topological polar surface area (TPSA) is 0 Å². The van der Waals surface area contributed by atoms with Gasteiger partial charge in [-0.05, 0) is 47.8 Å². The predicted molar refractivity (Wildman–Crippen MR) is 64.8 cm³/mol. The fourth-order valence-corrected chi connectivity index (χ4v) is 3.06. The Labute approximate surface area is 89.7 Å². The van der Waals surface area contributed by atoms with E-state index in [2.05, 4.69) is 39.1 Å². The number of rotatable bonds is 0. The van der Waals surface area contributed by atoms with Gasteiger partial charge in [0.15, 0.2) is 0 Å². The Balaban J connectivity index is 2.66. The Morgan fingerprint density at radius 1 is 1.21 bits per heavy atom. The smallest absolute Gasteiger partial charge is 0.0232 e. The van der Waals surface area contributed by atoms with Crippen LogP contribution in [-0.2, 0) is 0 Å². The van der Waals surface area contributed by atoms with Crippen molar-refractivity contribution >= 4 is 17.3 Å². The van der Waals surface area contributed by atoms with E-state index in [1.807, 2.05) is 11.8 Å². The quantitative estimate of drug-likeness (QED) is 0.613. The molecule has 72 valence electrons. The largest absolute Gasteiger partial charge is 0.121 e. The summed E-state index contributed by atoms with van der Waals surface area (Å²) in [6, 6.07) is 4.45. The summed E-state index contributed by atoms with van der Waals surface area (Å²) in [6.45, 7) is 12.4. The average Bonchev–Trinajstić information content (AvgIpc) is 2.10. The zero-order chi connectivity index (χ0) is 10.3. The summed E-state index contributed by atoms with van der Waals surface area (Å²) in [6.07, 6.45) is 0. The normalized spacial score (nSPS) is 15.6. The number of hydrogen-bond donors (Lipinski definition) is 0. The molecule has 14 heavy (non-hydrogen) atoms. The summed E-state index contributed by atoms with van der Waals surface area (Å²) < 4.78 is 0. The van der Waals surface area contributed by atoms with Crippen LogP contribution in [-0.4, -0.2) is 5.75 Å². The first-order valence-electron chi connectivity index (χ1n) is 4.71. The minimum Gasteiger partial charge on any atom is -0.121 e. The van der Waals surface area contributed by atoms with Crippen LogP contribution in [0.5, 0.6) is 0 Å². The molecular weight excluding hydrogens is 188 g/mol. The van der Waals surface area contributed by atoms with Crippen molar-refractivity contribution in [3.8, 4) is 0 Å². The average molecular weight is 202 g/mol. The van der Waals surface area contributed by atoms with E-state index in [-0.39, 0.29) is 0 Å². The molecule has 1 heteroatoms. The third kappa shape index (κ3) is 1.42. The highest BCUT2D eigenvalue weighted by atomic mass is 32.2. The van der Waals surface area contributed by atoms with Crippen molar-refractivity contribution in [2.75, 3.05) is 5.75 Å². The lowest BCUT2D eigenvalue weighted by molar-refractivity contribution is 1.24. The molecule has 0 saturated heterocycles. The molecule has 0 atom stereocenters. The van der Waals surface area contributed by atoms with Gasteiger partial charge in [0.05, 0.1) is 0 Å². The summed E-state index contributed by atoms with van der Waals surface area (Å²) in [5.74, 6) is 0.981. The van der Waals surface area contributed by atoms with Gasteiger partial charge in [-0.2, -0.15) is 0 Å². The number of hydrogen-bond acceptors (Lipinski definition) is 1. The second-order valence-electron chi connectivity index (χ2n) is 3.83. The molecule has 1 aliphatic rings. The van der Waals surface area contributed by atoms with E-state index in [9.17, 15) is 0 Å². The monoisotopic (exact) mass is 202 g/mol. The zero-order valence-electron chi connectivity index (χ0n) is 8.68. The minimum absolute atomic E-state index is 0.981. The van der Waals surface area contributed by atoms with Crippen LogP contribution in [0, 0.1) is 13.8 Å². The van der Waals surface area contributed by atoms with Crippen molar-refractivity contribution in [2.45, 2.75) is 18.7 Å². The van der Waals surface area contributed by atoms with Crippen LogP contribution in [0.3, 0.4) is 0 Å². The Hall–Kier alpha value is -0.950. The third-order valence-corrected chi connectivity index (χ3v) is 3.70. The molecule has 0 saturated carbocycles. The lowest BCUT2D eigenvalue weighted by Crippen LogP contribution is -2.02. The van der Waals surface area contributed by atoms with Gasteiger partial charge in [-0.15, -0.1) is 11.8 Å². The van der Waals surface area contributed by atoms with Crippen LogP contribution in [0.4, 0.5) is 0 Å². The summed E-state index contributed by atoms with van der Waals surface area (Å²) in [4.78, 5) is 1.36. The van der Waals surface area contributed by atoms with Gasteiger partial charge < -0.3 is 0 Å². The molecule has 1 aliphatic heterocycles. The van der Waals surface area contributed by atoms with E-state index >= 15 is 0 Å². The molecule has 0 bridgehead atoms. The first-order valence-corrected chi connectivity index (χ1v) is 5.69. The summed E-state index contributed by atoms with van der Waals surface area (Å²) in [5, 5.41) is 0. The van der Waals surface area contributed by atoms with Crippen LogP contribution in [0.25, 0.3) is 5.57 Å². The third-order valence-electron chi connectivity index (χ3n) is 2.57. The van der Waals surface area contributed by atoms with Gasteiger partial charge in [-0.25, -0.2) is 0 Å². The Morgan fingerprint density at radius 3 is 2.64 bits per heavy atom. The molecule has 0 radical (unpaired) electrons. The van der Waals surface area contributed by atoms with Crippen LogP contribution in [0.2, 0.25) is 0 Å². The van der Waals surface area contributed by atoms with Gasteiger partial charge in [0, 0.05) is 10.6 Å². The molecular formula is C13H14S. The number of fused-ring (bicyclic) bond motifs is 1. The first-order chi connectivity index (χ1) is 6.59. The van der Waals surface area contributed by atoms with Crippen LogP contribution >= 0.6 is 11.8 Å². The molecule has 1 aromatic carbocycles. The van der Waals surface area contributed by atoms with Gasteiger partial charge in [-0.1, -0.05) is 19.2 Å². The maximum Gasteiger partial charge on any atom is 0.0232 e. The van der Waals surface area contributed by atoms with Crippen LogP contribution in [0.15, 0.2) is 35.8 Å². The highest BCUT2D eigenvalue weighted by Crippen LogP contribution is 2.40. The van der Waals surface area contributed by atoms with Crippen molar-refractivity contribution in [1.29, 1.82) is 0 Å². The molecule has 1 aromatic rings. The molecule has 2 rings (SSSR count). The highest BCUT2D eigenvalue weighted by molar-refractivity contribution is 7.99. The molecule has 0 nitrogen and oxygen atoms in total. The number of thioether (sulfide) groups is 1. The van der Waals surface area contributed by atoms with Gasteiger partial charge in [-0.3, -0.25) is 0 Å². The van der Waals surface area contributed by atoms with E-state index < -0.39 is 0 Å². The highest BCUT2D eigenvalue weighted by Gasteiger charge is 2.18. The van der Waals surface area contributed by atoms with E-state index in [4.69, 9.17) is 0 Å². The van der Waals surface area contributed by atoms with Gasteiger partial charge in [0.2, 0.25) is 0 Å². The van der Waals surface area contributed by atoms with Crippen molar-refractivity contribution < 1.29 is 0 Å². The van der Waals surface area contributed by atoms with E-state index in [0.29, 0.717) is 0 Å². The minimum atomic E-state index is 0.981. The second-order valence-corrected chi connectivity index (χ2v) is 4.84. The molecule has 1 heterocycles. The Morgan fingerprint density at radius 2 is 1.93 bits per heavy atom. The molecule has 0 amide bonds. The zero-order valence-corrected chi connectivity index (χ0v) is 9.50. The van der Waals surface area contributed by atoms with E-state index in [1.165, 1.54) is 21.6 Å². The van der Waals surface area contributed by atoms with Crippen molar-refractivity contribution in [2.24, 2.45) is 0 Å². The lowest BCUT2D eigenvalue weighted by atomic mass is 9.95. The maximum absolute atomic E-state index is 4.11. The fraction of sp³-hybridized carbons (Fsp3) is 0.231. The maximum atomic E-state index is 4.11. The first kappa shape index (κ1) is 9.60. The Bertz CT molecular complexity index is 427. The predicted octanol–water partition coefficient (Wildman–Crippen LogP) is 3.98. The van der Waals surface area contributed by atoms with Crippen molar-refractivity contribution in [3.05, 3.63) is 47.6 Å². The lowest BCUT2D eigenvalue weighted by Gasteiger charge is -2.22. The number of benzene rings is 1. The van der Waals surface area contributed by atoms with Crippen LogP contribution < -0.4 is 0 Å².